The second-order valence-electron chi connectivity index (χ2n) is 11.5. The van der Waals surface area contributed by atoms with E-state index in [-0.39, 0.29) is 5.41 Å². The number of para-hydroxylation sites is 2. The first kappa shape index (κ1) is 21.2. The van der Waals surface area contributed by atoms with Crippen LogP contribution in [0.25, 0.3) is 21.8 Å². The molecule has 1 heterocycles. The number of amides is 1. The zero-order valence-electron chi connectivity index (χ0n) is 20.2. The molecule has 4 heteroatoms. The second-order valence-corrected chi connectivity index (χ2v) is 11.5. The van der Waals surface area contributed by atoms with Gasteiger partial charge in [-0.1, -0.05) is 48.5 Å². The van der Waals surface area contributed by atoms with Crippen LogP contribution in [0, 0.1) is 23.2 Å². The summed E-state index contributed by atoms with van der Waals surface area (Å²) in [6.07, 6.45) is 8.20. The van der Waals surface area contributed by atoms with E-state index in [9.17, 15) is 4.79 Å². The first-order valence-electron chi connectivity index (χ1n) is 13.4. The summed E-state index contributed by atoms with van der Waals surface area (Å²) in [5.74, 6) is 3.73. The van der Waals surface area contributed by atoms with Crippen molar-refractivity contribution in [2.75, 3.05) is 6.54 Å². The van der Waals surface area contributed by atoms with Crippen molar-refractivity contribution in [1.29, 1.82) is 0 Å². The molecular weight excluding hydrogens is 430 g/mol. The third-order valence-electron chi connectivity index (χ3n) is 9.04. The van der Waals surface area contributed by atoms with Crippen LogP contribution in [0.3, 0.4) is 0 Å². The Morgan fingerprint density at radius 2 is 1.57 bits per heavy atom. The lowest BCUT2D eigenvalue weighted by atomic mass is 9.49. The van der Waals surface area contributed by atoms with Gasteiger partial charge in [0.25, 0.3) is 0 Å². The largest absolute Gasteiger partial charge is 0.355 e. The van der Waals surface area contributed by atoms with E-state index < -0.39 is 0 Å². The van der Waals surface area contributed by atoms with Gasteiger partial charge in [-0.25, -0.2) is 4.98 Å². The maximum absolute atomic E-state index is 13.4. The summed E-state index contributed by atoms with van der Waals surface area (Å²) in [6, 6.07) is 23.6. The quantitative estimate of drug-likeness (QED) is 0.375. The molecule has 0 radical (unpaired) electrons. The molecule has 4 bridgehead atoms. The molecule has 8 rings (SSSR count). The molecule has 0 spiro atoms. The van der Waals surface area contributed by atoms with E-state index in [2.05, 4.69) is 70.5 Å². The Kier molecular flexibility index (Phi) is 4.97. The SMILES string of the molecule is O=C(NCCc1nc2ccccc2n1Cc1ccc2ccccc2c1)C12CC3CC(CC(C3)C1)C2. The highest BCUT2D eigenvalue weighted by Crippen LogP contribution is 2.60. The van der Waals surface area contributed by atoms with Crippen LogP contribution in [-0.4, -0.2) is 22.0 Å². The normalized spacial score (nSPS) is 27.0. The van der Waals surface area contributed by atoms with Gasteiger partial charge in [-0.05, 0) is 90.8 Å². The average Bonchev–Trinajstić information content (AvgIpc) is 3.20. The molecule has 4 nitrogen and oxygen atoms in total. The zero-order valence-corrected chi connectivity index (χ0v) is 20.2. The summed E-state index contributed by atoms with van der Waals surface area (Å²) in [5, 5.41) is 5.88. The molecule has 0 unspecified atom stereocenters. The van der Waals surface area contributed by atoms with Gasteiger partial charge < -0.3 is 9.88 Å². The lowest BCUT2D eigenvalue weighted by molar-refractivity contribution is -0.146. The molecule has 3 aromatic carbocycles. The van der Waals surface area contributed by atoms with Gasteiger partial charge in [-0.2, -0.15) is 0 Å². The number of nitrogens with one attached hydrogen (secondary N) is 1. The number of imidazole rings is 1. The van der Waals surface area contributed by atoms with Gasteiger partial charge >= 0.3 is 0 Å². The van der Waals surface area contributed by atoms with Crippen molar-refractivity contribution in [3.05, 3.63) is 78.1 Å². The molecule has 35 heavy (non-hydrogen) atoms. The fourth-order valence-corrected chi connectivity index (χ4v) is 7.88. The standard InChI is InChI=1S/C31H33N3O/c35-30(31-17-22-13-23(18-31)15-24(14-22)19-31)32-12-11-29-33-27-7-3-4-8-28(27)34(29)20-21-9-10-25-5-1-2-6-26(25)16-21/h1-10,16,22-24H,11-15,17-20H2,(H,32,35). The molecule has 4 fully saturated rings. The maximum Gasteiger partial charge on any atom is 0.226 e. The summed E-state index contributed by atoms with van der Waals surface area (Å²) in [5.41, 5.74) is 3.37. The van der Waals surface area contributed by atoms with Gasteiger partial charge in [-0.15, -0.1) is 0 Å². The Morgan fingerprint density at radius 1 is 0.886 bits per heavy atom. The number of carbonyl (C=O) groups is 1. The van der Waals surface area contributed by atoms with Crippen LogP contribution >= 0.6 is 0 Å². The summed E-state index contributed by atoms with van der Waals surface area (Å²) >= 11 is 0. The van der Waals surface area contributed by atoms with Crippen LogP contribution in [0.15, 0.2) is 66.7 Å². The zero-order chi connectivity index (χ0) is 23.4. The van der Waals surface area contributed by atoms with Crippen molar-refractivity contribution < 1.29 is 4.79 Å². The van der Waals surface area contributed by atoms with Crippen molar-refractivity contribution in [2.45, 2.75) is 51.5 Å². The van der Waals surface area contributed by atoms with Crippen molar-refractivity contribution in [2.24, 2.45) is 23.2 Å². The number of hydrogen-bond donors (Lipinski definition) is 1. The minimum atomic E-state index is -0.0834. The van der Waals surface area contributed by atoms with E-state index in [1.54, 1.807) is 0 Å². The Morgan fingerprint density at radius 3 is 2.34 bits per heavy atom. The van der Waals surface area contributed by atoms with Crippen LogP contribution < -0.4 is 5.32 Å². The third-order valence-corrected chi connectivity index (χ3v) is 9.04. The van der Waals surface area contributed by atoms with Gasteiger partial charge in [0.2, 0.25) is 5.91 Å². The number of nitrogens with zero attached hydrogens (tertiary/aromatic N) is 2. The molecule has 0 saturated heterocycles. The molecule has 0 aliphatic heterocycles. The molecule has 0 atom stereocenters. The minimum absolute atomic E-state index is 0.0834. The molecule has 4 saturated carbocycles. The molecule has 1 aromatic heterocycles. The van der Waals surface area contributed by atoms with Crippen LogP contribution in [0.2, 0.25) is 0 Å². The summed E-state index contributed by atoms with van der Waals surface area (Å²) in [7, 11) is 0. The van der Waals surface area contributed by atoms with Gasteiger partial charge in [0.15, 0.2) is 0 Å². The number of rotatable bonds is 6. The minimum Gasteiger partial charge on any atom is -0.355 e. The fraction of sp³-hybridized carbons (Fsp3) is 0.419. The first-order valence-corrected chi connectivity index (χ1v) is 13.4. The molecule has 4 aliphatic rings. The van der Waals surface area contributed by atoms with Crippen molar-refractivity contribution in [1.82, 2.24) is 14.9 Å². The molecule has 1 amide bonds. The van der Waals surface area contributed by atoms with Crippen LogP contribution in [0.4, 0.5) is 0 Å². The van der Waals surface area contributed by atoms with Crippen molar-refractivity contribution in [3.8, 4) is 0 Å². The number of aromatic nitrogens is 2. The van der Waals surface area contributed by atoms with E-state index in [1.165, 1.54) is 35.6 Å². The highest BCUT2D eigenvalue weighted by Gasteiger charge is 2.54. The molecule has 178 valence electrons. The number of carbonyl (C=O) groups excluding carboxylic acids is 1. The Hall–Kier alpha value is -3.14. The van der Waals surface area contributed by atoms with Crippen LogP contribution in [0.1, 0.15) is 49.9 Å². The predicted octanol–water partition coefficient (Wildman–Crippen LogP) is 6.11. The van der Waals surface area contributed by atoms with E-state index in [4.69, 9.17) is 4.98 Å². The van der Waals surface area contributed by atoms with Gasteiger partial charge in [0, 0.05) is 24.9 Å². The van der Waals surface area contributed by atoms with Gasteiger partial charge in [0.1, 0.15) is 5.82 Å². The lowest BCUT2D eigenvalue weighted by Gasteiger charge is -2.55. The molecule has 1 N–H and O–H groups in total. The van der Waals surface area contributed by atoms with E-state index in [0.29, 0.717) is 12.5 Å². The Labute approximate surface area is 206 Å². The maximum atomic E-state index is 13.4. The topological polar surface area (TPSA) is 46.9 Å². The molecular formula is C31H33N3O. The average molecular weight is 464 g/mol. The van der Waals surface area contributed by atoms with Crippen LogP contribution in [0.5, 0.6) is 0 Å². The Bertz CT molecular complexity index is 1380. The van der Waals surface area contributed by atoms with E-state index >= 15 is 0 Å². The second kappa shape index (κ2) is 8.22. The van der Waals surface area contributed by atoms with E-state index in [0.717, 1.165) is 66.8 Å². The van der Waals surface area contributed by atoms with E-state index in [1.807, 2.05) is 6.07 Å². The molecule has 4 aromatic rings. The number of hydrogen-bond acceptors (Lipinski definition) is 2. The summed E-state index contributed by atoms with van der Waals surface area (Å²) in [4.78, 5) is 18.4. The summed E-state index contributed by atoms with van der Waals surface area (Å²) < 4.78 is 2.33. The molecule has 4 aliphatic carbocycles. The highest BCUT2D eigenvalue weighted by molar-refractivity contribution is 5.84. The lowest BCUT2D eigenvalue weighted by Crippen LogP contribution is -2.53. The summed E-state index contributed by atoms with van der Waals surface area (Å²) in [6.45, 7) is 1.44. The third kappa shape index (κ3) is 3.74. The van der Waals surface area contributed by atoms with Crippen molar-refractivity contribution >= 4 is 27.7 Å². The smallest absolute Gasteiger partial charge is 0.226 e. The fourth-order valence-electron chi connectivity index (χ4n) is 7.88. The predicted molar refractivity (Wildman–Crippen MR) is 140 cm³/mol. The van der Waals surface area contributed by atoms with Crippen molar-refractivity contribution in [3.63, 3.8) is 0 Å². The monoisotopic (exact) mass is 463 g/mol. The Balaban J connectivity index is 1.10. The highest BCUT2D eigenvalue weighted by atomic mass is 16.2. The number of fused-ring (bicyclic) bond motifs is 2. The van der Waals surface area contributed by atoms with Gasteiger partial charge in [0.05, 0.1) is 11.0 Å². The van der Waals surface area contributed by atoms with Gasteiger partial charge in [-0.3, -0.25) is 4.79 Å². The number of benzene rings is 3. The van der Waals surface area contributed by atoms with Crippen LogP contribution in [-0.2, 0) is 17.8 Å². The first-order chi connectivity index (χ1) is 17.1.